The molecule has 3 heteroatoms. The van der Waals surface area contributed by atoms with Crippen LogP contribution in [0.4, 0.5) is 0 Å². The van der Waals surface area contributed by atoms with Crippen LogP contribution in [0.5, 0.6) is 0 Å². The molecule has 0 aliphatic heterocycles. The van der Waals surface area contributed by atoms with E-state index in [4.69, 9.17) is 4.52 Å². The zero-order chi connectivity index (χ0) is 7.33. The summed E-state index contributed by atoms with van der Waals surface area (Å²) in [4.78, 5) is 0. The summed E-state index contributed by atoms with van der Waals surface area (Å²) in [6.07, 6.45) is 1.59. The van der Waals surface area contributed by atoms with Gasteiger partial charge < -0.3 is 4.52 Å². The number of rotatable bonds is 4. The Bertz CT molecular complexity index is 112. The van der Waals surface area contributed by atoms with Gasteiger partial charge in [-0.25, -0.2) is 0 Å². The first-order valence-electron chi connectivity index (χ1n) is 3.33. The lowest BCUT2D eigenvalue weighted by molar-refractivity contribution is 0.317. The van der Waals surface area contributed by atoms with Crippen molar-refractivity contribution in [2.24, 2.45) is 0 Å². The number of hydrogen-bond acceptors (Lipinski definition) is 2. The molecule has 0 saturated heterocycles. The summed E-state index contributed by atoms with van der Waals surface area (Å²) >= 11 is 0. The molecule has 56 valence electrons. The second kappa shape index (κ2) is 4.08. The van der Waals surface area contributed by atoms with Crippen LogP contribution >= 0.6 is 7.37 Å². The Kier molecular flexibility index (Phi) is 4.16. The molecule has 0 heterocycles. The Hall–Kier alpha value is 0.190. The molecule has 0 amide bonds. The van der Waals surface area contributed by atoms with Gasteiger partial charge >= 0.3 is 0 Å². The number of hydrogen-bond donors (Lipinski definition) is 0. The zero-order valence-corrected chi connectivity index (χ0v) is 7.28. The molecule has 9 heavy (non-hydrogen) atoms. The Morgan fingerprint density at radius 1 is 1.44 bits per heavy atom. The van der Waals surface area contributed by atoms with Crippen molar-refractivity contribution in [2.75, 3.05) is 19.4 Å². The Morgan fingerprint density at radius 3 is 2.33 bits per heavy atom. The van der Waals surface area contributed by atoms with Crippen LogP contribution in [0.1, 0.15) is 20.3 Å². The van der Waals surface area contributed by atoms with Crippen molar-refractivity contribution >= 4 is 7.37 Å². The van der Waals surface area contributed by atoms with Crippen LogP contribution in [-0.4, -0.2) is 19.4 Å². The van der Waals surface area contributed by atoms with E-state index in [1.165, 1.54) is 0 Å². The molecule has 0 aromatic heterocycles. The van der Waals surface area contributed by atoms with E-state index in [-0.39, 0.29) is 0 Å². The summed E-state index contributed by atoms with van der Waals surface area (Å²) in [6.45, 7) is 6.20. The highest BCUT2D eigenvalue weighted by Crippen LogP contribution is 2.41. The van der Waals surface area contributed by atoms with Gasteiger partial charge in [0.2, 0.25) is 0 Å². The minimum absolute atomic E-state index is 0.627. The predicted octanol–water partition coefficient (Wildman–Crippen LogP) is 2.34. The second-order valence-corrected chi connectivity index (χ2v) is 5.08. The molecule has 0 fully saturated rings. The van der Waals surface area contributed by atoms with Gasteiger partial charge in [0.15, 0.2) is 7.37 Å². The molecule has 0 radical (unpaired) electrons. The maximum absolute atomic E-state index is 11.1. The Balaban J connectivity index is 3.46. The van der Waals surface area contributed by atoms with Gasteiger partial charge in [0.05, 0.1) is 6.61 Å². The van der Waals surface area contributed by atoms with Gasteiger partial charge in [-0.1, -0.05) is 13.8 Å². The smallest absolute Gasteiger partial charge is 0.199 e. The van der Waals surface area contributed by atoms with Crippen molar-refractivity contribution < 1.29 is 9.09 Å². The van der Waals surface area contributed by atoms with E-state index in [1.54, 1.807) is 6.66 Å². The van der Waals surface area contributed by atoms with Crippen LogP contribution in [0.15, 0.2) is 0 Å². The Labute approximate surface area is 57.1 Å². The molecule has 0 spiro atoms. The van der Waals surface area contributed by atoms with E-state index in [0.717, 1.165) is 6.42 Å². The van der Waals surface area contributed by atoms with E-state index in [9.17, 15) is 4.57 Å². The zero-order valence-electron chi connectivity index (χ0n) is 6.39. The van der Waals surface area contributed by atoms with E-state index in [1.807, 2.05) is 13.8 Å². The lowest BCUT2D eigenvalue weighted by Gasteiger charge is -2.09. The molecule has 0 aliphatic carbocycles. The molecular formula is C6H15O2P. The summed E-state index contributed by atoms with van der Waals surface area (Å²) in [6, 6.07) is 0. The maximum atomic E-state index is 11.1. The summed E-state index contributed by atoms with van der Waals surface area (Å²) < 4.78 is 16.2. The van der Waals surface area contributed by atoms with Crippen LogP contribution < -0.4 is 0 Å². The molecule has 0 aliphatic rings. The van der Waals surface area contributed by atoms with Crippen LogP contribution in [0.2, 0.25) is 0 Å². The fourth-order valence-electron chi connectivity index (χ4n) is 0.376. The van der Waals surface area contributed by atoms with Crippen molar-refractivity contribution in [3.63, 3.8) is 0 Å². The maximum Gasteiger partial charge on any atom is 0.199 e. The topological polar surface area (TPSA) is 26.3 Å². The highest BCUT2D eigenvalue weighted by molar-refractivity contribution is 7.58. The monoisotopic (exact) mass is 150 g/mol. The standard InChI is InChI=1S/C6H15O2P/c1-4-6-8-9(3,7)5-2/h4-6H2,1-3H3. The van der Waals surface area contributed by atoms with Crippen LogP contribution in [0, 0.1) is 0 Å². The minimum atomic E-state index is -2.19. The molecule has 2 nitrogen and oxygen atoms in total. The van der Waals surface area contributed by atoms with E-state index < -0.39 is 7.37 Å². The lowest BCUT2D eigenvalue weighted by atomic mass is 10.5. The first-order chi connectivity index (χ1) is 4.12. The molecular weight excluding hydrogens is 135 g/mol. The molecule has 1 unspecified atom stereocenters. The first-order valence-corrected chi connectivity index (χ1v) is 5.59. The third-order valence-corrected chi connectivity index (χ3v) is 3.02. The average Bonchev–Trinajstić information content (AvgIpc) is 1.84. The third-order valence-electron chi connectivity index (χ3n) is 1.14. The molecule has 0 rings (SSSR count). The SMILES string of the molecule is CCCOP(C)(=O)CC. The largest absolute Gasteiger partial charge is 0.329 e. The van der Waals surface area contributed by atoms with Gasteiger partial charge in [0, 0.05) is 12.8 Å². The predicted molar refractivity (Wildman–Crippen MR) is 40.3 cm³/mol. The second-order valence-electron chi connectivity index (χ2n) is 2.16. The fourth-order valence-corrected chi connectivity index (χ4v) is 1.13. The van der Waals surface area contributed by atoms with Crippen LogP contribution in [0.25, 0.3) is 0 Å². The van der Waals surface area contributed by atoms with E-state index >= 15 is 0 Å². The van der Waals surface area contributed by atoms with Crippen molar-refractivity contribution in [1.29, 1.82) is 0 Å². The van der Waals surface area contributed by atoms with Crippen molar-refractivity contribution in [1.82, 2.24) is 0 Å². The van der Waals surface area contributed by atoms with Gasteiger partial charge in [-0.05, 0) is 6.42 Å². The average molecular weight is 150 g/mol. The van der Waals surface area contributed by atoms with Crippen molar-refractivity contribution in [2.45, 2.75) is 20.3 Å². The third kappa shape index (κ3) is 4.68. The van der Waals surface area contributed by atoms with Crippen molar-refractivity contribution in [3.05, 3.63) is 0 Å². The molecule has 0 N–H and O–H groups in total. The normalized spacial score (nSPS) is 17.2. The van der Waals surface area contributed by atoms with E-state index in [2.05, 4.69) is 0 Å². The highest BCUT2D eigenvalue weighted by Gasteiger charge is 2.10. The molecule has 0 aromatic carbocycles. The Morgan fingerprint density at radius 2 is 2.00 bits per heavy atom. The van der Waals surface area contributed by atoms with Gasteiger partial charge in [-0.15, -0.1) is 0 Å². The molecule has 1 atom stereocenters. The summed E-state index contributed by atoms with van der Waals surface area (Å²) in [5, 5.41) is 0. The van der Waals surface area contributed by atoms with Gasteiger partial charge in [0.1, 0.15) is 0 Å². The first kappa shape index (κ1) is 9.19. The molecule has 0 bridgehead atoms. The summed E-state index contributed by atoms with van der Waals surface area (Å²) in [5.41, 5.74) is 0. The fraction of sp³-hybridized carbons (Fsp3) is 1.00. The van der Waals surface area contributed by atoms with Gasteiger partial charge in [-0.2, -0.15) is 0 Å². The minimum Gasteiger partial charge on any atom is -0.329 e. The summed E-state index contributed by atoms with van der Waals surface area (Å²) in [5.74, 6) is 0. The molecule has 0 aromatic rings. The lowest BCUT2D eigenvalue weighted by Crippen LogP contribution is -1.91. The van der Waals surface area contributed by atoms with Gasteiger partial charge in [0.25, 0.3) is 0 Å². The highest BCUT2D eigenvalue weighted by atomic mass is 31.2. The van der Waals surface area contributed by atoms with Gasteiger partial charge in [-0.3, -0.25) is 4.57 Å². The van der Waals surface area contributed by atoms with E-state index in [0.29, 0.717) is 12.8 Å². The molecule has 0 saturated carbocycles. The quantitative estimate of drug-likeness (QED) is 0.575. The van der Waals surface area contributed by atoms with Crippen LogP contribution in [-0.2, 0) is 9.09 Å². The van der Waals surface area contributed by atoms with Crippen molar-refractivity contribution in [3.8, 4) is 0 Å². The summed E-state index contributed by atoms with van der Waals surface area (Å²) in [7, 11) is -2.19. The van der Waals surface area contributed by atoms with Crippen LogP contribution in [0.3, 0.4) is 0 Å².